The van der Waals surface area contributed by atoms with E-state index in [4.69, 9.17) is 17.3 Å². The van der Waals surface area contributed by atoms with E-state index in [-0.39, 0.29) is 5.75 Å². The Hall–Kier alpha value is -1.11. The van der Waals surface area contributed by atoms with Crippen LogP contribution < -0.4 is 5.73 Å². The summed E-state index contributed by atoms with van der Waals surface area (Å²) in [7, 11) is -1.19. The van der Waals surface area contributed by atoms with Gasteiger partial charge in [-0.2, -0.15) is 0 Å². The highest BCUT2D eigenvalue weighted by Crippen LogP contribution is 2.26. The maximum Gasteiger partial charge on any atom is 0.147 e. The molecule has 0 saturated heterocycles. The lowest BCUT2D eigenvalue weighted by Gasteiger charge is -2.11. The summed E-state index contributed by atoms with van der Waals surface area (Å²) < 4.78 is 24.2. The SMILES string of the molecule is Cn1c(C(N)CCS(C)(=O)=O)nc2cccc(Cl)c21. The van der Waals surface area contributed by atoms with Crippen LogP contribution in [0, 0.1) is 0 Å². The molecule has 0 aliphatic heterocycles. The van der Waals surface area contributed by atoms with Crippen molar-refractivity contribution in [3.05, 3.63) is 29.0 Å². The monoisotopic (exact) mass is 301 g/mol. The average Bonchev–Trinajstić information content (AvgIpc) is 2.64. The van der Waals surface area contributed by atoms with E-state index in [1.807, 2.05) is 23.7 Å². The zero-order valence-corrected chi connectivity index (χ0v) is 12.4. The Morgan fingerprint density at radius 2 is 2.16 bits per heavy atom. The Balaban J connectivity index is 2.35. The van der Waals surface area contributed by atoms with Crippen molar-refractivity contribution in [3.8, 4) is 0 Å². The Bertz CT molecular complexity index is 709. The van der Waals surface area contributed by atoms with Crippen LogP contribution in [-0.4, -0.2) is 30.0 Å². The molecule has 0 aliphatic carbocycles. The normalized spacial score (nSPS) is 13.9. The molecule has 0 radical (unpaired) electrons. The van der Waals surface area contributed by atoms with Gasteiger partial charge in [0, 0.05) is 13.3 Å². The molecule has 1 aromatic heterocycles. The van der Waals surface area contributed by atoms with E-state index in [9.17, 15) is 8.42 Å². The van der Waals surface area contributed by atoms with Crippen molar-refractivity contribution < 1.29 is 8.42 Å². The van der Waals surface area contributed by atoms with E-state index in [0.29, 0.717) is 17.3 Å². The van der Waals surface area contributed by atoms with Gasteiger partial charge in [-0.1, -0.05) is 17.7 Å². The molecule has 104 valence electrons. The van der Waals surface area contributed by atoms with Crippen LogP contribution in [0.1, 0.15) is 18.3 Å². The highest BCUT2D eigenvalue weighted by molar-refractivity contribution is 7.90. The number of nitrogens with two attached hydrogens (primary N) is 1. The molecule has 0 aliphatic rings. The number of aryl methyl sites for hydroxylation is 1. The van der Waals surface area contributed by atoms with Crippen molar-refractivity contribution in [2.45, 2.75) is 12.5 Å². The topological polar surface area (TPSA) is 78.0 Å². The molecule has 0 amide bonds. The quantitative estimate of drug-likeness (QED) is 0.931. The summed E-state index contributed by atoms with van der Waals surface area (Å²) in [5.74, 6) is 0.692. The molecule has 1 aromatic carbocycles. The standard InChI is InChI=1S/C12H16ClN3O2S/c1-16-11-8(13)4-3-5-10(11)15-12(16)9(14)6-7-19(2,17)18/h3-5,9H,6-7,14H2,1-2H3. The van der Waals surface area contributed by atoms with Crippen molar-refractivity contribution in [1.29, 1.82) is 0 Å². The number of halogens is 1. The van der Waals surface area contributed by atoms with Gasteiger partial charge >= 0.3 is 0 Å². The number of sulfone groups is 1. The minimum Gasteiger partial charge on any atom is -0.329 e. The van der Waals surface area contributed by atoms with Gasteiger partial charge in [0.15, 0.2) is 0 Å². The molecule has 1 heterocycles. The molecule has 19 heavy (non-hydrogen) atoms. The first-order valence-electron chi connectivity index (χ1n) is 5.84. The number of hydrogen-bond donors (Lipinski definition) is 1. The van der Waals surface area contributed by atoms with Crippen molar-refractivity contribution in [2.75, 3.05) is 12.0 Å². The van der Waals surface area contributed by atoms with E-state index in [1.165, 1.54) is 6.26 Å². The molecule has 1 atom stereocenters. The van der Waals surface area contributed by atoms with Gasteiger partial charge in [-0.15, -0.1) is 0 Å². The number of rotatable bonds is 4. The number of fused-ring (bicyclic) bond motifs is 1. The van der Waals surface area contributed by atoms with Crippen LogP contribution in [-0.2, 0) is 16.9 Å². The summed E-state index contributed by atoms with van der Waals surface area (Å²) in [4.78, 5) is 4.43. The summed E-state index contributed by atoms with van der Waals surface area (Å²) in [5.41, 5.74) is 7.60. The molecule has 0 fully saturated rings. The van der Waals surface area contributed by atoms with Gasteiger partial charge in [0.05, 0.1) is 27.9 Å². The molecular formula is C12H16ClN3O2S. The summed E-state index contributed by atoms with van der Waals surface area (Å²) >= 11 is 6.13. The number of hydrogen-bond acceptors (Lipinski definition) is 4. The van der Waals surface area contributed by atoms with Crippen LogP contribution in [0.15, 0.2) is 18.2 Å². The second kappa shape index (κ2) is 5.11. The fourth-order valence-corrected chi connectivity index (χ4v) is 3.02. The van der Waals surface area contributed by atoms with Crippen LogP contribution >= 0.6 is 11.6 Å². The maximum absolute atomic E-state index is 11.2. The molecule has 7 heteroatoms. The summed E-state index contributed by atoms with van der Waals surface area (Å²) in [5, 5.41) is 0.606. The molecule has 2 N–H and O–H groups in total. The number of para-hydroxylation sites is 1. The van der Waals surface area contributed by atoms with Crippen LogP contribution in [0.5, 0.6) is 0 Å². The molecular weight excluding hydrogens is 286 g/mol. The van der Waals surface area contributed by atoms with Gasteiger partial charge in [-0.3, -0.25) is 0 Å². The van der Waals surface area contributed by atoms with Crippen molar-refractivity contribution in [1.82, 2.24) is 9.55 Å². The smallest absolute Gasteiger partial charge is 0.147 e. The van der Waals surface area contributed by atoms with Crippen LogP contribution in [0.3, 0.4) is 0 Å². The Morgan fingerprint density at radius 3 is 2.74 bits per heavy atom. The molecule has 0 bridgehead atoms. The molecule has 0 spiro atoms. The predicted molar refractivity (Wildman–Crippen MR) is 77.0 cm³/mol. The van der Waals surface area contributed by atoms with Crippen molar-refractivity contribution in [3.63, 3.8) is 0 Å². The summed E-state index contributed by atoms with van der Waals surface area (Å²) in [6, 6.07) is 5.04. The largest absolute Gasteiger partial charge is 0.329 e. The van der Waals surface area contributed by atoms with Crippen LogP contribution in [0.2, 0.25) is 5.02 Å². The Labute approximate surface area is 117 Å². The van der Waals surface area contributed by atoms with Gasteiger partial charge < -0.3 is 10.3 Å². The van der Waals surface area contributed by atoms with Crippen molar-refractivity contribution >= 4 is 32.5 Å². The lowest BCUT2D eigenvalue weighted by molar-refractivity contribution is 0.581. The second-order valence-electron chi connectivity index (χ2n) is 4.66. The van der Waals surface area contributed by atoms with Crippen LogP contribution in [0.4, 0.5) is 0 Å². The summed E-state index contributed by atoms with van der Waals surface area (Å²) in [6.45, 7) is 0. The van der Waals surface area contributed by atoms with Gasteiger partial charge in [0.2, 0.25) is 0 Å². The first-order chi connectivity index (χ1) is 8.79. The van der Waals surface area contributed by atoms with Crippen LogP contribution in [0.25, 0.3) is 11.0 Å². The van der Waals surface area contributed by atoms with E-state index in [1.54, 1.807) is 6.07 Å². The minimum atomic E-state index is -3.02. The zero-order chi connectivity index (χ0) is 14.2. The summed E-state index contributed by atoms with van der Waals surface area (Å²) in [6.07, 6.45) is 1.54. The average molecular weight is 302 g/mol. The highest BCUT2D eigenvalue weighted by atomic mass is 35.5. The maximum atomic E-state index is 11.2. The molecule has 5 nitrogen and oxygen atoms in total. The van der Waals surface area contributed by atoms with Gasteiger partial charge in [0.1, 0.15) is 15.7 Å². The van der Waals surface area contributed by atoms with E-state index in [0.717, 1.165) is 11.0 Å². The second-order valence-corrected chi connectivity index (χ2v) is 7.33. The molecule has 2 rings (SSSR count). The highest BCUT2D eigenvalue weighted by Gasteiger charge is 2.17. The fourth-order valence-electron chi connectivity index (χ4n) is 2.04. The first-order valence-corrected chi connectivity index (χ1v) is 8.27. The van der Waals surface area contributed by atoms with E-state index >= 15 is 0 Å². The van der Waals surface area contributed by atoms with Gasteiger partial charge in [-0.25, -0.2) is 13.4 Å². The fraction of sp³-hybridized carbons (Fsp3) is 0.417. The third-order valence-electron chi connectivity index (χ3n) is 3.01. The van der Waals surface area contributed by atoms with Crippen molar-refractivity contribution in [2.24, 2.45) is 12.8 Å². The number of aromatic nitrogens is 2. The lowest BCUT2D eigenvalue weighted by atomic mass is 10.2. The Morgan fingerprint density at radius 1 is 1.47 bits per heavy atom. The number of nitrogens with zero attached hydrogens (tertiary/aromatic N) is 2. The van der Waals surface area contributed by atoms with E-state index in [2.05, 4.69) is 4.98 Å². The third kappa shape index (κ3) is 3.08. The minimum absolute atomic E-state index is 0.0467. The molecule has 0 saturated carbocycles. The van der Waals surface area contributed by atoms with Gasteiger partial charge in [-0.05, 0) is 18.6 Å². The number of benzene rings is 1. The van der Waals surface area contributed by atoms with Gasteiger partial charge in [0.25, 0.3) is 0 Å². The number of imidazole rings is 1. The third-order valence-corrected chi connectivity index (χ3v) is 4.29. The zero-order valence-electron chi connectivity index (χ0n) is 10.8. The lowest BCUT2D eigenvalue weighted by Crippen LogP contribution is -2.19. The predicted octanol–water partition coefficient (Wildman–Crippen LogP) is 1.66. The Kier molecular flexibility index (Phi) is 3.85. The molecule has 1 unspecified atom stereocenters. The molecule has 2 aromatic rings. The van der Waals surface area contributed by atoms with E-state index < -0.39 is 15.9 Å². The first kappa shape index (κ1) is 14.3.